The molecule has 1 aromatic rings. The van der Waals surface area contributed by atoms with Crippen LogP contribution in [0.5, 0.6) is 0 Å². The fourth-order valence-electron chi connectivity index (χ4n) is 2.86. The van der Waals surface area contributed by atoms with Crippen LogP contribution >= 0.6 is 11.6 Å². The van der Waals surface area contributed by atoms with Gasteiger partial charge >= 0.3 is 0 Å². The van der Waals surface area contributed by atoms with E-state index in [-0.39, 0.29) is 0 Å². The second kappa shape index (κ2) is 7.41. The molecule has 0 bridgehead atoms. The molecule has 2 unspecified atom stereocenters. The van der Waals surface area contributed by atoms with E-state index < -0.39 is 6.10 Å². The van der Waals surface area contributed by atoms with Gasteiger partial charge in [-0.05, 0) is 57.6 Å². The number of hydrogen-bond acceptors (Lipinski definition) is 3. The highest BCUT2D eigenvalue weighted by Crippen LogP contribution is 2.20. The number of aliphatic hydroxyl groups excluding tert-OH is 1. The number of hydrogen-bond donors (Lipinski definition) is 1. The van der Waals surface area contributed by atoms with Gasteiger partial charge in [-0.2, -0.15) is 0 Å². The summed E-state index contributed by atoms with van der Waals surface area (Å²) in [6.07, 6.45) is 2.95. The predicted molar refractivity (Wildman–Crippen MR) is 84.2 cm³/mol. The molecule has 0 spiro atoms. The Kier molecular flexibility index (Phi) is 5.85. The SMILES string of the molecule is CN(CCC(O)c1ccc(Cl)cc1)CC1CCCN1C. The summed E-state index contributed by atoms with van der Waals surface area (Å²) in [5.41, 5.74) is 0.945. The summed E-state index contributed by atoms with van der Waals surface area (Å²) < 4.78 is 0. The van der Waals surface area contributed by atoms with Gasteiger partial charge in [0.2, 0.25) is 0 Å². The maximum absolute atomic E-state index is 10.2. The van der Waals surface area contributed by atoms with Crippen LogP contribution in [0.1, 0.15) is 30.9 Å². The Morgan fingerprint density at radius 1 is 1.40 bits per heavy atom. The smallest absolute Gasteiger partial charge is 0.0802 e. The van der Waals surface area contributed by atoms with Gasteiger partial charge in [0.15, 0.2) is 0 Å². The highest BCUT2D eigenvalue weighted by Gasteiger charge is 2.22. The summed E-state index contributed by atoms with van der Waals surface area (Å²) in [5.74, 6) is 0. The van der Waals surface area contributed by atoms with E-state index in [9.17, 15) is 5.11 Å². The van der Waals surface area contributed by atoms with Crippen LogP contribution in [-0.4, -0.2) is 54.7 Å². The number of halogens is 1. The van der Waals surface area contributed by atoms with Crippen LogP contribution in [0.2, 0.25) is 5.02 Å². The molecule has 2 atom stereocenters. The van der Waals surface area contributed by atoms with Crippen molar-refractivity contribution < 1.29 is 5.11 Å². The second-order valence-electron chi connectivity index (χ2n) is 5.89. The molecule has 3 nitrogen and oxygen atoms in total. The van der Waals surface area contributed by atoms with Crippen molar-refractivity contribution in [3.63, 3.8) is 0 Å². The molecule has 1 saturated heterocycles. The molecule has 0 aliphatic carbocycles. The van der Waals surface area contributed by atoms with E-state index in [0.29, 0.717) is 11.1 Å². The minimum atomic E-state index is -0.406. The quantitative estimate of drug-likeness (QED) is 0.874. The zero-order valence-electron chi connectivity index (χ0n) is 12.4. The van der Waals surface area contributed by atoms with Gasteiger partial charge in [-0.15, -0.1) is 0 Å². The van der Waals surface area contributed by atoms with E-state index in [1.54, 1.807) is 0 Å². The Bertz CT molecular complexity index is 409. The zero-order valence-corrected chi connectivity index (χ0v) is 13.2. The lowest BCUT2D eigenvalue weighted by molar-refractivity contribution is 0.140. The van der Waals surface area contributed by atoms with Crippen molar-refractivity contribution in [2.24, 2.45) is 0 Å². The topological polar surface area (TPSA) is 26.7 Å². The Balaban J connectivity index is 1.75. The van der Waals surface area contributed by atoms with Crippen LogP contribution in [0.3, 0.4) is 0 Å². The minimum absolute atomic E-state index is 0.406. The van der Waals surface area contributed by atoms with Crippen molar-refractivity contribution in [2.45, 2.75) is 31.4 Å². The fraction of sp³-hybridized carbons (Fsp3) is 0.625. The summed E-state index contributed by atoms with van der Waals surface area (Å²) in [4.78, 5) is 4.76. The van der Waals surface area contributed by atoms with Crippen molar-refractivity contribution in [2.75, 3.05) is 33.7 Å². The average molecular weight is 297 g/mol. The van der Waals surface area contributed by atoms with Crippen molar-refractivity contribution in [3.8, 4) is 0 Å². The molecule has 1 N–H and O–H groups in total. The maximum Gasteiger partial charge on any atom is 0.0802 e. The number of aliphatic hydroxyl groups is 1. The first-order valence-corrected chi connectivity index (χ1v) is 7.76. The molecule has 1 aliphatic heterocycles. The van der Waals surface area contributed by atoms with E-state index in [4.69, 9.17) is 11.6 Å². The van der Waals surface area contributed by atoms with Gasteiger partial charge in [0.1, 0.15) is 0 Å². The van der Waals surface area contributed by atoms with Crippen LogP contribution in [0.25, 0.3) is 0 Å². The standard InChI is InChI=1S/C16H25ClN2O/c1-18(12-15-4-3-10-19(15)2)11-9-16(20)13-5-7-14(17)8-6-13/h5-8,15-16,20H,3-4,9-12H2,1-2H3. The zero-order chi connectivity index (χ0) is 14.5. The molecule has 1 aromatic carbocycles. The van der Waals surface area contributed by atoms with Gasteiger partial charge in [-0.3, -0.25) is 0 Å². The van der Waals surface area contributed by atoms with Crippen LogP contribution in [-0.2, 0) is 0 Å². The fourth-order valence-corrected chi connectivity index (χ4v) is 2.98. The summed E-state index contributed by atoms with van der Waals surface area (Å²) in [6.45, 7) is 3.21. The van der Waals surface area contributed by atoms with Crippen LogP contribution in [0, 0.1) is 0 Å². The average Bonchev–Trinajstić information content (AvgIpc) is 2.82. The lowest BCUT2D eigenvalue weighted by Crippen LogP contribution is -2.37. The van der Waals surface area contributed by atoms with Crippen molar-refractivity contribution in [1.29, 1.82) is 0 Å². The molecule has 4 heteroatoms. The van der Waals surface area contributed by atoms with Gasteiger partial charge in [-0.25, -0.2) is 0 Å². The normalized spacial score (nSPS) is 21.6. The van der Waals surface area contributed by atoms with Gasteiger partial charge in [-0.1, -0.05) is 23.7 Å². The summed E-state index contributed by atoms with van der Waals surface area (Å²) in [6, 6.07) is 8.14. The molecule has 2 rings (SSSR count). The van der Waals surface area contributed by atoms with E-state index in [2.05, 4.69) is 23.9 Å². The Hall–Kier alpha value is -0.610. The predicted octanol–water partition coefficient (Wildman–Crippen LogP) is 2.79. The summed E-state index contributed by atoms with van der Waals surface area (Å²) in [5, 5.41) is 10.9. The molecule has 0 saturated carbocycles. The third-order valence-electron chi connectivity index (χ3n) is 4.23. The van der Waals surface area contributed by atoms with E-state index >= 15 is 0 Å². The maximum atomic E-state index is 10.2. The molecule has 0 radical (unpaired) electrons. The van der Waals surface area contributed by atoms with Crippen LogP contribution < -0.4 is 0 Å². The monoisotopic (exact) mass is 296 g/mol. The first-order chi connectivity index (χ1) is 9.56. The number of benzene rings is 1. The number of likely N-dealkylation sites (N-methyl/N-ethyl adjacent to an activating group) is 2. The summed E-state index contributed by atoms with van der Waals surface area (Å²) in [7, 11) is 4.34. The van der Waals surface area contributed by atoms with Crippen molar-refractivity contribution in [1.82, 2.24) is 9.80 Å². The number of nitrogens with zero attached hydrogens (tertiary/aromatic N) is 2. The third kappa shape index (κ3) is 4.45. The van der Waals surface area contributed by atoms with Gasteiger partial charge in [0.25, 0.3) is 0 Å². The van der Waals surface area contributed by atoms with Crippen molar-refractivity contribution >= 4 is 11.6 Å². The van der Waals surface area contributed by atoms with Crippen molar-refractivity contribution in [3.05, 3.63) is 34.9 Å². The Morgan fingerprint density at radius 3 is 2.70 bits per heavy atom. The second-order valence-corrected chi connectivity index (χ2v) is 6.33. The molecule has 0 aromatic heterocycles. The first-order valence-electron chi connectivity index (χ1n) is 7.38. The van der Waals surface area contributed by atoms with Gasteiger partial charge < -0.3 is 14.9 Å². The molecule has 1 heterocycles. The lowest BCUT2D eigenvalue weighted by atomic mass is 10.1. The van der Waals surface area contributed by atoms with Gasteiger partial charge in [0.05, 0.1) is 6.10 Å². The first kappa shape index (κ1) is 15.8. The molecular formula is C16H25ClN2O. The molecule has 112 valence electrons. The van der Waals surface area contributed by atoms with Crippen LogP contribution in [0.15, 0.2) is 24.3 Å². The van der Waals surface area contributed by atoms with E-state index in [0.717, 1.165) is 25.1 Å². The number of rotatable bonds is 6. The third-order valence-corrected chi connectivity index (χ3v) is 4.48. The lowest BCUT2D eigenvalue weighted by Gasteiger charge is -2.26. The largest absolute Gasteiger partial charge is 0.388 e. The highest BCUT2D eigenvalue weighted by molar-refractivity contribution is 6.30. The number of likely N-dealkylation sites (tertiary alicyclic amines) is 1. The molecule has 1 aliphatic rings. The molecule has 20 heavy (non-hydrogen) atoms. The minimum Gasteiger partial charge on any atom is -0.388 e. The molecule has 1 fully saturated rings. The molecular weight excluding hydrogens is 272 g/mol. The highest BCUT2D eigenvalue weighted by atomic mass is 35.5. The van der Waals surface area contributed by atoms with E-state index in [1.807, 2.05) is 24.3 Å². The summed E-state index contributed by atoms with van der Waals surface area (Å²) >= 11 is 5.86. The Labute approximate surface area is 127 Å². The Morgan fingerprint density at radius 2 is 2.10 bits per heavy atom. The molecule has 0 amide bonds. The van der Waals surface area contributed by atoms with Gasteiger partial charge in [0, 0.05) is 24.2 Å². The van der Waals surface area contributed by atoms with Crippen LogP contribution in [0.4, 0.5) is 0 Å². The van der Waals surface area contributed by atoms with E-state index in [1.165, 1.54) is 19.4 Å².